The highest BCUT2D eigenvalue weighted by molar-refractivity contribution is 5.96. The number of carbonyl (C=O) groups excluding carboxylic acids is 1. The van der Waals surface area contributed by atoms with Crippen LogP contribution >= 0.6 is 0 Å². The summed E-state index contributed by atoms with van der Waals surface area (Å²) in [4.78, 5) is 11.9. The van der Waals surface area contributed by atoms with Crippen LogP contribution in [0.1, 0.15) is 31.1 Å². The van der Waals surface area contributed by atoms with Crippen molar-refractivity contribution in [2.24, 2.45) is 5.41 Å². The van der Waals surface area contributed by atoms with E-state index in [0.29, 0.717) is 17.9 Å². The van der Waals surface area contributed by atoms with E-state index in [2.05, 4.69) is 26.1 Å². The Hall–Kier alpha value is -1.51. The Balaban J connectivity index is 2.73. The van der Waals surface area contributed by atoms with Gasteiger partial charge in [-0.3, -0.25) is 4.79 Å². The van der Waals surface area contributed by atoms with Crippen molar-refractivity contribution >= 4 is 5.91 Å². The number of carbonyl (C=O) groups is 1. The molecule has 0 saturated heterocycles. The van der Waals surface area contributed by atoms with Crippen LogP contribution in [0.2, 0.25) is 0 Å². The largest absolute Gasteiger partial charge is 0.496 e. The second-order valence-electron chi connectivity index (χ2n) is 4.94. The Morgan fingerprint density at radius 1 is 1.31 bits per heavy atom. The molecule has 0 aliphatic rings. The van der Waals surface area contributed by atoms with Crippen LogP contribution in [0.15, 0.2) is 24.3 Å². The van der Waals surface area contributed by atoms with E-state index in [9.17, 15) is 4.79 Å². The summed E-state index contributed by atoms with van der Waals surface area (Å²) in [6.45, 7) is 6.88. The maximum Gasteiger partial charge on any atom is 0.255 e. The van der Waals surface area contributed by atoms with Crippen LogP contribution in [0, 0.1) is 5.41 Å². The molecule has 16 heavy (non-hydrogen) atoms. The number of para-hydroxylation sites is 1. The Bertz CT molecular complexity index is 366. The molecule has 1 rings (SSSR count). The van der Waals surface area contributed by atoms with Crippen molar-refractivity contribution in [1.29, 1.82) is 0 Å². The molecule has 0 radical (unpaired) electrons. The number of methoxy groups -OCH3 is 1. The Labute approximate surface area is 96.8 Å². The molecule has 0 aromatic heterocycles. The van der Waals surface area contributed by atoms with Crippen molar-refractivity contribution in [2.45, 2.75) is 20.8 Å². The summed E-state index contributed by atoms with van der Waals surface area (Å²) < 4.78 is 5.14. The lowest BCUT2D eigenvalue weighted by Crippen LogP contribution is -2.32. The van der Waals surface area contributed by atoms with E-state index in [4.69, 9.17) is 4.74 Å². The minimum Gasteiger partial charge on any atom is -0.496 e. The van der Waals surface area contributed by atoms with Gasteiger partial charge in [0, 0.05) is 6.54 Å². The van der Waals surface area contributed by atoms with Crippen molar-refractivity contribution in [3.05, 3.63) is 29.8 Å². The SMILES string of the molecule is COc1ccccc1C(=O)NCC(C)(C)C. The summed E-state index contributed by atoms with van der Waals surface area (Å²) in [7, 11) is 1.57. The van der Waals surface area contributed by atoms with Crippen LogP contribution < -0.4 is 10.1 Å². The summed E-state index contributed by atoms with van der Waals surface area (Å²) in [5, 5.41) is 2.89. The molecule has 3 nitrogen and oxygen atoms in total. The summed E-state index contributed by atoms with van der Waals surface area (Å²) >= 11 is 0. The highest BCUT2D eigenvalue weighted by Gasteiger charge is 2.15. The minimum absolute atomic E-state index is 0.0810. The van der Waals surface area contributed by atoms with Crippen LogP contribution in [-0.2, 0) is 0 Å². The third-order valence-electron chi connectivity index (χ3n) is 2.13. The van der Waals surface area contributed by atoms with E-state index < -0.39 is 0 Å². The molecule has 1 aromatic rings. The Morgan fingerprint density at radius 2 is 1.94 bits per heavy atom. The van der Waals surface area contributed by atoms with Gasteiger partial charge in [0.05, 0.1) is 12.7 Å². The zero-order chi connectivity index (χ0) is 12.2. The normalized spacial score (nSPS) is 11.0. The van der Waals surface area contributed by atoms with Gasteiger partial charge < -0.3 is 10.1 Å². The predicted molar refractivity (Wildman–Crippen MR) is 64.8 cm³/mol. The zero-order valence-corrected chi connectivity index (χ0v) is 10.3. The van der Waals surface area contributed by atoms with Crippen molar-refractivity contribution in [3.8, 4) is 5.75 Å². The standard InChI is InChI=1S/C13H19NO2/c1-13(2,3)9-14-12(15)10-7-5-6-8-11(10)16-4/h5-8H,9H2,1-4H3,(H,14,15). The van der Waals surface area contributed by atoms with Crippen molar-refractivity contribution in [3.63, 3.8) is 0 Å². The molecule has 1 amide bonds. The van der Waals surface area contributed by atoms with Crippen molar-refractivity contribution in [1.82, 2.24) is 5.32 Å². The molecule has 0 spiro atoms. The molecule has 0 aliphatic heterocycles. The lowest BCUT2D eigenvalue weighted by molar-refractivity contribution is 0.0936. The molecular formula is C13H19NO2. The lowest BCUT2D eigenvalue weighted by Gasteiger charge is -2.19. The van der Waals surface area contributed by atoms with Gasteiger partial charge in [-0.05, 0) is 17.5 Å². The van der Waals surface area contributed by atoms with Crippen LogP contribution in [0.3, 0.4) is 0 Å². The van der Waals surface area contributed by atoms with Gasteiger partial charge in [-0.2, -0.15) is 0 Å². The number of rotatable bonds is 3. The highest BCUT2D eigenvalue weighted by atomic mass is 16.5. The van der Waals surface area contributed by atoms with E-state index in [1.807, 2.05) is 12.1 Å². The van der Waals surface area contributed by atoms with Crippen LogP contribution in [0.4, 0.5) is 0 Å². The maximum atomic E-state index is 11.9. The average Bonchev–Trinajstić information content (AvgIpc) is 2.25. The minimum atomic E-state index is -0.0904. The summed E-state index contributed by atoms with van der Waals surface area (Å²) in [5.74, 6) is 0.515. The molecule has 0 bridgehead atoms. The summed E-state index contributed by atoms with van der Waals surface area (Å²) in [6.07, 6.45) is 0. The fraction of sp³-hybridized carbons (Fsp3) is 0.462. The highest BCUT2D eigenvalue weighted by Crippen LogP contribution is 2.17. The molecule has 0 atom stereocenters. The maximum absolute atomic E-state index is 11.9. The van der Waals surface area contributed by atoms with Gasteiger partial charge in [0.2, 0.25) is 0 Å². The lowest BCUT2D eigenvalue weighted by atomic mass is 9.97. The smallest absolute Gasteiger partial charge is 0.255 e. The molecule has 0 saturated carbocycles. The first-order valence-corrected chi connectivity index (χ1v) is 5.35. The van der Waals surface area contributed by atoms with E-state index in [-0.39, 0.29) is 11.3 Å². The van der Waals surface area contributed by atoms with Gasteiger partial charge in [-0.15, -0.1) is 0 Å². The summed E-state index contributed by atoms with van der Waals surface area (Å²) in [5.41, 5.74) is 0.659. The first kappa shape index (κ1) is 12.6. The molecule has 0 heterocycles. The van der Waals surface area contributed by atoms with Crippen LogP contribution in [0.25, 0.3) is 0 Å². The first-order valence-electron chi connectivity index (χ1n) is 5.35. The number of benzene rings is 1. The predicted octanol–water partition coefficient (Wildman–Crippen LogP) is 2.47. The van der Waals surface area contributed by atoms with Gasteiger partial charge in [0.1, 0.15) is 5.75 Å². The number of hydrogen-bond donors (Lipinski definition) is 1. The van der Waals surface area contributed by atoms with E-state index >= 15 is 0 Å². The third kappa shape index (κ3) is 3.57. The van der Waals surface area contributed by atoms with E-state index in [1.165, 1.54) is 0 Å². The van der Waals surface area contributed by atoms with Gasteiger partial charge >= 0.3 is 0 Å². The number of amides is 1. The molecule has 88 valence electrons. The molecule has 0 aliphatic carbocycles. The number of ether oxygens (including phenoxy) is 1. The van der Waals surface area contributed by atoms with E-state index in [1.54, 1.807) is 19.2 Å². The molecular weight excluding hydrogens is 202 g/mol. The first-order chi connectivity index (χ1) is 7.44. The summed E-state index contributed by atoms with van der Waals surface area (Å²) in [6, 6.07) is 7.22. The quantitative estimate of drug-likeness (QED) is 0.851. The molecule has 3 heteroatoms. The van der Waals surface area contributed by atoms with Gasteiger partial charge in [0.25, 0.3) is 5.91 Å². The van der Waals surface area contributed by atoms with Gasteiger partial charge in [0.15, 0.2) is 0 Å². The molecule has 0 fully saturated rings. The van der Waals surface area contributed by atoms with Gasteiger partial charge in [-0.25, -0.2) is 0 Å². The second-order valence-corrected chi connectivity index (χ2v) is 4.94. The van der Waals surface area contributed by atoms with Crippen LogP contribution in [0.5, 0.6) is 5.75 Å². The average molecular weight is 221 g/mol. The Morgan fingerprint density at radius 3 is 2.50 bits per heavy atom. The van der Waals surface area contributed by atoms with Crippen molar-refractivity contribution in [2.75, 3.05) is 13.7 Å². The monoisotopic (exact) mass is 221 g/mol. The topological polar surface area (TPSA) is 38.3 Å². The van der Waals surface area contributed by atoms with Crippen molar-refractivity contribution < 1.29 is 9.53 Å². The fourth-order valence-corrected chi connectivity index (χ4v) is 1.27. The van der Waals surface area contributed by atoms with E-state index in [0.717, 1.165) is 0 Å². The van der Waals surface area contributed by atoms with Crippen LogP contribution in [-0.4, -0.2) is 19.6 Å². The molecule has 0 unspecified atom stereocenters. The fourth-order valence-electron chi connectivity index (χ4n) is 1.27. The number of hydrogen-bond acceptors (Lipinski definition) is 2. The molecule has 1 N–H and O–H groups in total. The Kier molecular flexibility index (Phi) is 3.93. The zero-order valence-electron chi connectivity index (χ0n) is 10.3. The number of nitrogens with one attached hydrogen (secondary N) is 1. The second kappa shape index (κ2) is 5.01. The third-order valence-corrected chi connectivity index (χ3v) is 2.13. The van der Waals surface area contributed by atoms with Gasteiger partial charge in [-0.1, -0.05) is 32.9 Å². The molecule has 1 aromatic carbocycles.